The first kappa shape index (κ1) is 10.1. The molecular formula is C5H10Cl3Si. The van der Waals surface area contributed by atoms with Crippen molar-refractivity contribution in [3.8, 4) is 0 Å². The number of hydrogen-bond donors (Lipinski definition) is 0. The molecule has 0 bridgehead atoms. The molecule has 0 aliphatic rings. The van der Waals surface area contributed by atoms with Crippen molar-refractivity contribution in [3.63, 3.8) is 0 Å². The summed E-state index contributed by atoms with van der Waals surface area (Å²) in [6.07, 6.45) is 3.02. The lowest BCUT2D eigenvalue weighted by Crippen LogP contribution is -2.07. The van der Waals surface area contributed by atoms with Gasteiger partial charge in [0, 0.05) is 0 Å². The molecule has 4 heteroatoms. The Kier molecular flexibility index (Phi) is 5.42. The van der Waals surface area contributed by atoms with Crippen LogP contribution in [0, 0.1) is 6.92 Å². The molecule has 0 rings (SSSR count). The highest BCUT2D eigenvalue weighted by Gasteiger charge is 2.23. The fourth-order valence-electron chi connectivity index (χ4n) is 0.502. The van der Waals surface area contributed by atoms with Gasteiger partial charge in [0.05, 0.1) is 0 Å². The van der Waals surface area contributed by atoms with Crippen molar-refractivity contribution in [3.05, 3.63) is 6.92 Å². The van der Waals surface area contributed by atoms with Gasteiger partial charge in [-0.1, -0.05) is 26.2 Å². The fraction of sp³-hybridized carbons (Fsp3) is 0.800. The van der Waals surface area contributed by atoms with Crippen LogP contribution in [0.2, 0.25) is 6.04 Å². The summed E-state index contributed by atoms with van der Waals surface area (Å²) in [5.41, 5.74) is 0. The molecule has 0 spiro atoms. The maximum absolute atomic E-state index is 5.62. The Bertz CT molecular complexity index is 69.1. The SMILES string of the molecule is [CH2]CCCC[Si](Cl)(Cl)Cl. The van der Waals surface area contributed by atoms with Gasteiger partial charge in [-0.25, -0.2) is 0 Å². The summed E-state index contributed by atoms with van der Waals surface area (Å²) in [4.78, 5) is 0. The molecular weight excluding hydrogens is 194 g/mol. The summed E-state index contributed by atoms with van der Waals surface area (Å²) >= 11 is 16.9. The molecule has 0 nitrogen and oxygen atoms in total. The Morgan fingerprint density at radius 1 is 1.11 bits per heavy atom. The van der Waals surface area contributed by atoms with Crippen LogP contribution in [0.5, 0.6) is 0 Å². The quantitative estimate of drug-likeness (QED) is 0.373. The molecule has 55 valence electrons. The van der Waals surface area contributed by atoms with Crippen LogP contribution >= 0.6 is 33.2 Å². The second kappa shape index (κ2) is 4.83. The summed E-state index contributed by atoms with van der Waals surface area (Å²) in [7, 11) is 0. The Hall–Kier alpha value is 1.09. The average Bonchev–Trinajstić information content (AvgIpc) is 1.63. The number of unbranched alkanes of at least 4 members (excludes halogenated alkanes) is 2. The first-order chi connectivity index (χ1) is 4.06. The predicted octanol–water partition coefficient (Wildman–Crippen LogP) is 3.65. The molecule has 0 N–H and O–H groups in total. The monoisotopic (exact) mass is 203 g/mol. The van der Waals surface area contributed by atoms with Crippen molar-refractivity contribution in [2.75, 3.05) is 0 Å². The highest BCUT2D eigenvalue weighted by molar-refractivity contribution is 7.64. The maximum atomic E-state index is 5.62. The standard InChI is InChI=1S/C5H10Cl3Si/c1-2-3-4-5-9(6,7)8/h1-5H2. The lowest BCUT2D eigenvalue weighted by Gasteiger charge is -2.04. The molecule has 0 unspecified atom stereocenters. The van der Waals surface area contributed by atoms with Gasteiger partial charge >= 0.3 is 6.00 Å². The van der Waals surface area contributed by atoms with Crippen molar-refractivity contribution in [2.24, 2.45) is 0 Å². The maximum Gasteiger partial charge on any atom is 0.341 e. The van der Waals surface area contributed by atoms with Gasteiger partial charge in [-0.15, -0.1) is 33.2 Å². The molecule has 0 atom stereocenters. The smallest absolute Gasteiger partial charge is 0.126 e. The normalized spacial score (nSPS) is 12.0. The zero-order valence-electron chi connectivity index (χ0n) is 5.17. The van der Waals surface area contributed by atoms with Gasteiger partial charge in [0.1, 0.15) is 0 Å². The first-order valence-electron chi connectivity index (χ1n) is 2.92. The zero-order valence-corrected chi connectivity index (χ0v) is 8.44. The summed E-state index contributed by atoms with van der Waals surface area (Å²) in [5.74, 6) is 0. The Labute approximate surface area is 71.6 Å². The molecule has 0 saturated carbocycles. The second-order valence-electron chi connectivity index (χ2n) is 1.93. The minimum atomic E-state index is -2.31. The molecule has 0 aromatic rings. The Morgan fingerprint density at radius 3 is 2.00 bits per heavy atom. The van der Waals surface area contributed by atoms with E-state index in [2.05, 4.69) is 6.92 Å². The van der Waals surface area contributed by atoms with E-state index >= 15 is 0 Å². The van der Waals surface area contributed by atoms with E-state index in [9.17, 15) is 0 Å². The third kappa shape index (κ3) is 9.09. The van der Waals surface area contributed by atoms with Crippen molar-refractivity contribution in [1.29, 1.82) is 0 Å². The summed E-state index contributed by atoms with van der Waals surface area (Å²) in [6, 6.07) is -1.53. The zero-order chi connectivity index (χ0) is 7.33. The van der Waals surface area contributed by atoms with Crippen LogP contribution in [0.3, 0.4) is 0 Å². The second-order valence-corrected chi connectivity index (χ2v) is 11.2. The Balaban J connectivity index is 3.07. The van der Waals surface area contributed by atoms with Crippen LogP contribution in [0.15, 0.2) is 0 Å². The predicted molar refractivity (Wildman–Crippen MR) is 47.3 cm³/mol. The van der Waals surface area contributed by atoms with Crippen LogP contribution in [0.1, 0.15) is 19.3 Å². The van der Waals surface area contributed by atoms with Gasteiger partial charge in [-0.05, 0) is 6.04 Å². The summed E-state index contributed by atoms with van der Waals surface area (Å²) in [6.45, 7) is 3.69. The van der Waals surface area contributed by atoms with E-state index in [1.54, 1.807) is 0 Å². The molecule has 0 fully saturated rings. The van der Waals surface area contributed by atoms with Crippen LogP contribution in [0.4, 0.5) is 0 Å². The lowest BCUT2D eigenvalue weighted by molar-refractivity contribution is 0.809. The summed E-state index contributed by atoms with van der Waals surface area (Å²) < 4.78 is 0. The van der Waals surface area contributed by atoms with Gasteiger partial charge in [-0.3, -0.25) is 0 Å². The van der Waals surface area contributed by atoms with Crippen molar-refractivity contribution in [2.45, 2.75) is 25.3 Å². The molecule has 0 heterocycles. The molecule has 0 saturated heterocycles. The van der Waals surface area contributed by atoms with E-state index < -0.39 is 6.00 Å². The number of hydrogen-bond acceptors (Lipinski definition) is 0. The van der Waals surface area contributed by atoms with Crippen molar-refractivity contribution >= 4 is 39.2 Å². The van der Waals surface area contributed by atoms with Gasteiger partial charge in [-0.2, -0.15) is 0 Å². The third-order valence-electron chi connectivity index (χ3n) is 0.960. The van der Waals surface area contributed by atoms with E-state index in [-0.39, 0.29) is 0 Å². The highest BCUT2D eigenvalue weighted by atomic mass is 35.8. The lowest BCUT2D eigenvalue weighted by atomic mass is 10.3. The number of rotatable bonds is 4. The van der Waals surface area contributed by atoms with Gasteiger partial charge in [0.15, 0.2) is 0 Å². The van der Waals surface area contributed by atoms with Crippen LogP contribution in [-0.2, 0) is 0 Å². The van der Waals surface area contributed by atoms with Crippen molar-refractivity contribution in [1.82, 2.24) is 0 Å². The molecule has 9 heavy (non-hydrogen) atoms. The average molecular weight is 205 g/mol. The molecule has 1 radical (unpaired) electrons. The molecule has 0 aliphatic heterocycles. The van der Waals surface area contributed by atoms with Crippen molar-refractivity contribution < 1.29 is 0 Å². The Morgan fingerprint density at radius 2 is 1.67 bits per heavy atom. The molecule has 0 amide bonds. The van der Waals surface area contributed by atoms with E-state index in [1.807, 2.05) is 0 Å². The highest BCUT2D eigenvalue weighted by Crippen LogP contribution is 2.27. The van der Waals surface area contributed by atoms with E-state index in [4.69, 9.17) is 33.2 Å². The molecule has 0 aromatic carbocycles. The first-order valence-corrected chi connectivity index (χ1v) is 8.16. The van der Waals surface area contributed by atoms with Gasteiger partial charge in [0.25, 0.3) is 0 Å². The third-order valence-corrected chi connectivity index (χ3v) is 3.58. The van der Waals surface area contributed by atoms with Crippen LogP contribution in [-0.4, -0.2) is 6.00 Å². The summed E-state index contributed by atoms with van der Waals surface area (Å²) in [5, 5.41) is 0. The van der Waals surface area contributed by atoms with Gasteiger partial charge < -0.3 is 0 Å². The largest absolute Gasteiger partial charge is 0.341 e. The van der Waals surface area contributed by atoms with E-state index in [0.29, 0.717) is 0 Å². The fourth-order valence-corrected chi connectivity index (χ4v) is 2.36. The number of halogens is 3. The van der Waals surface area contributed by atoms with E-state index in [0.717, 1.165) is 25.3 Å². The van der Waals surface area contributed by atoms with Gasteiger partial charge in [0.2, 0.25) is 0 Å². The van der Waals surface area contributed by atoms with Crippen LogP contribution in [0.25, 0.3) is 0 Å². The minimum absolute atomic E-state index is 0.771. The van der Waals surface area contributed by atoms with Crippen LogP contribution < -0.4 is 0 Å². The minimum Gasteiger partial charge on any atom is -0.126 e. The topological polar surface area (TPSA) is 0 Å². The molecule has 0 aromatic heterocycles. The molecule has 0 aliphatic carbocycles. The van der Waals surface area contributed by atoms with E-state index in [1.165, 1.54) is 0 Å².